The van der Waals surface area contributed by atoms with E-state index in [-0.39, 0.29) is 0 Å². The third kappa shape index (κ3) is 9.30. The van der Waals surface area contributed by atoms with E-state index in [4.69, 9.17) is 0 Å². The number of nitrogens with zero attached hydrogens (tertiary/aromatic N) is 2. The summed E-state index contributed by atoms with van der Waals surface area (Å²) in [4.78, 5) is 2.29. The molecule has 0 aromatic heterocycles. The number of hydrazone groups is 1. The van der Waals surface area contributed by atoms with Gasteiger partial charge >= 0.3 is 0 Å². The smallest absolute Gasteiger partial charge is 0.0301 e. The summed E-state index contributed by atoms with van der Waals surface area (Å²) in [6, 6.07) is 0. The van der Waals surface area contributed by atoms with Crippen LogP contribution >= 0.6 is 0 Å². The monoisotopic (exact) mass is 186 g/mol. The molecule has 0 aliphatic heterocycles. The highest BCUT2D eigenvalue weighted by atomic mass is 15.3. The molecular weight excluding hydrogens is 164 g/mol. The van der Waals surface area contributed by atoms with Gasteiger partial charge in [-0.25, -0.2) is 0 Å². The van der Waals surface area contributed by atoms with Crippen LogP contribution in [0.1, 0.15) is 13.3 Å². The van der Waals surface area contributed by atoms with Gasteiger partial charge in [0.1, 0.15) is 0 Å². The Labute approximate surface area is 81.4 Å². The molecular formula is C9H22N4. The Balaban J connectivity index is 3.20. The normalized spacial score (nSPS) is 11.4. The van der Waals surface area contributed by atoms with E-state index in [1.165, 1.54) is 0 Å². The predicted molar refractivity (Wildman–Crippen MR) is 58.2 cm³/mol. The van der Waals surface area contributed by atoms with E-state index >= 15 is 0 Å². The van der Waals surface area contributed by atoms with Gasteiger partial charge < -0.3 is 15.6 Å². The lowest BCUT2D eigenvalue weighted by molar-refractivity contribution is 0.346. The third-order valence-electron chi connectivity index (χ3n) is 1.72. The van der Waals surface area contributed by atoms with Gasteiger partial charge in [-0.1, -0.05) is 0 Å². The Kier molecular flexibility index (Phi) is 9.03. The molecule has 0 fully saturated rings. The van der Waals surface area contributed by atoms with Crippen LogP contribution in [0, 0.1) is 0 Å². The van der Waals surface area contributed by atoms with Crippen LogP contribution in [0.4, 0.5) is 0 Å². The maximum atomic E-state index is 4.02. The first kappa shape index (κ1) is 12.4. The molecule has 0 saturated carbocycles. The SMILES string of the molecule is CCN/N=C\CCN(C)CCNC. The van der Waals surface area contributed by atoms with Crippen molar-refractivity contribution in [2.24, 2.45) is 5.10 Å². The van der Waals surface area contributed by atoms with Crippen LogP contribution in [0.15, 0.2) is 5.10 Å². The minimum atomic E-state index is 0.895. The summed E-state index contributed by atoms with van der Waals surface area (Å²) in [5.41, 5.74) is 2.90. The zero-order chi connectivity index (χ0) is 9.94. The Hall–Kier alpha value is -0.610. The molecule has 0 spiro atoms. The molecule has 0 amide bonds. The van der Waals surface area contributed by atoms with Crippen molar-refractivity contribution in [2.45, 2.75) is 13.3 Å². The molecule has 0 radical (unpaired) electrons. The maximum absolute atomic E-state index is 4.02. The summed E-state index contributed by atoms with van der Waals surface area (Å²) in [7, 11) is 4.10. The van der Waals surface area contributed by atoms with E-state index in [2.05, 4.69) is 27.8 Å². The Morgan fingerprint density at radius 2 is 2.15 bits per heavy atom. The fourth-order valence-electron chi connectivity index (χ4n) is 0.913. The zero-order valence-corrected chi connectivity index (χ0v) is 9.01. The molecule has 4 heteroatoms. The Bertz CT molecular complexity index is 125. The van der Waals surface area contributed by atoms with Gasteiger partial charge in [0.15, 0.2) is 0 Å². The first-order chi connectivity index (χ1) is 6.31. The number of hydrogen-bond donors (Lipinski definition) is 2. The quantitative estimate of drug-likeness (QED) is 0.418. The average molecular weight is 186 g/mol. The molecule has 0 aromatic rings. The second-order valence-corrected chi connectivity index (χ2v) is 3.02. The van der Waals surface area contributed by atoms with Crippen molar-refractivity contribution in [3.8, 4) is 0 Å². The lowest BCUT2D eigenvalue weighted by atomic mass is 10.4. The molecule has 0 heterocycles. The Morgan fingerprint density at radius 3 is 2.77 bits per heavy atom. The van der Waals surface area contributed by atoms with E-state index in [1.54, 1.807) is 0 Å². The largest absolute Gasteiger partial charge is 0.318 e. The molecule has 0 aliphatic rings. The molecule has 78 valence electrons. The van der Waals surface area contributed by atoms with E-state index in [9.17, 15) is 0 Å². The van der Waals surface area contributed by atoms with Crippen LogP contribution in [0.2, 0.25) is 0 Å². The summed E-state index contributed by atoms with van der Waals surface area (Å²) in [5.74, 6) is 0. The van der Waals surface area contributed by atoms with Crippen LogP contribution in [-0.2, 0) is 0 Å². The second kappa shape index (κ2) is 9.48. The Morgan fingerprint density at radius 1 is 1.38 bits per heavy atom. The predicted octanol–water partition coefficient (Wildman–Crippen LogP) is 0.123. The van der Waals surface area contributed by atoms with E-state index in [0.29, 0.717) is 0 Å². The van der Waals surface area contributed by atoms with Crippen molar-refractivity contribution in [2.75, 3.05) is 40.3 Å². The molecule has 0 saturated heterocycles. The highest BCUT2D eigenvalue weighted by Crippen LogP contribution is 1.83. The first-order valence-corrected chi connectivity index (χ1v) is 4.88. The summed E-state index contributed by atoms with van der Waals surface area (Å²) in [6.07, 6.45) is 2.94. The molecule has 0 aromatic carbocycles. The maximum Gasteiger partial charge on any atom is 0.0301 e. The van der Waals surface area contributed by atoms with Crippen LogP contribution in [0.25, 0.3) is 0 Å². The van der Waals surface area contributed by atoms with Crippen molar-refractivity contribution in [3.63, 3.8) is 0 Å². The standard InChI is InChI=1S/C9H22N4/c1-4-11-12-6-5-8-13(3)9-7-10-2/h6,10-11H,4-5,7-9H2,1-3H3/b12-6-. The first-order valence-electron chi connectivity index (χ1n) is 4.88. The molecule has 0 unspecified atom stereocenters. The van der Waals surface area contributed by atoms with E-state index in [1.807, 2.05) is 20.2 Å². The van der Waals surface area contributed by atoms with Gasteiger partial charge in [0.25, 0.3) is 0 Å². The minimum Gasteiger partial charge on any atom is -0.318 e. The van der Waals surface area contributed by atoms with Crippen molar-refractivity contribution in [1.82, 2.24) is 15.6 Å². The number of likely N-dealkylation sites (N-methyl/N-ethyl adjacent to an activating group) is 2. The number of rotatable bonds is 8. The molecule has 0 atom stereocenters. The fraction of sp³-hybridized carbons (Fsp3) is 0.889. The number of hydrogen-bond acceptors (Lipinski definition) is 4. The molecule has 0 rings (SSSR count). The van der Waals surface area contributed by atoms with Crippen LogP contribution in [0.3, 0.4) is 0 Å². The second-order valence-electron chi connectivity index (χ2n) is 3.02. The highest BCUT2D eigenvalue weighted by Gasteiger charge is 1.94. The van der Waals surface area contributed by atoms with Gasteiger partial charge in [-0.3, -0.25) is 0 Å². The van der Waals surface area contributed by atoms with Crippen molar-refractivity contribution >= 4 is 6.21 Å². The van der Waals surface area contributed by atoms with Crippen molar-refractivity contribution < 1.29 is 0 Å². The molecule has 0 aliphatic carbocycles. The van der Waals surface area contributed by atoms with Gasteiger partial charge in [0.05, 0.1) is 0 Å². The van der Waals surface area contributed by atoms with Gasteiger partial charge in [-0.05, 0) is 27.4 Å². The van der Waals surface area contributed by atoms with Crippen LogP contribution in [-0.4, -0.2) is 51.4 Å². The number of nitrogens with one attached hydrogen (secondary N) is 2. The van der Waals surface area contributed by atoms with Crippen LogP contribution < -0.4 is 10.7 Å². The van der Waals surface area contributed by atoms with Gasteiger partial charge in [0, 0.05) is 32.4 Å². The molecule has 0 bridgehead atoms. The summed E-state index contributed by atoms with van der Waals surface area (Å²) in [5, 5.41) is 7.15. The van der Waals surface area contributed by atoms with E-state index in [0.717, 1.165) is 32.6 Å². The molecule has 13 heavy (non-hydrogen) atoms. The van der Waals surface area contributed by atoms with Crippen LogP contribution in [0.5, 0.6) is 0 Å². The third-order valence-corrected chi connectivity index (χ3v) is 1.72. The lowest BCUT2D eigenvalue weighted by Gasteiger charge is -2.14. The topological polar surface area (TPSA) is 39.7 Å². The average Bonchev–Trinajstić information content (AvgIpc) is 2.14. The van der Waals surface area contributed by atoms with Gasteiger partial charge in [-0.2, -0.15) is 5.10 Å². The van der Waals surface area contributed by atoms with Gasteiger partial charge in [-0.15, -0.1) is 0 Å². The molecule has 4 nitrogen and oxygen atoms in total. The zero-order valence-electron chi connectivity index (χ0n) is 9.01. The van der Waals surface area contributed by atoms with E-state index < -0.39 is 0 Å². The lowest BCUT2D eigenvalue weighted by Crippen LogP contribution is -2.28. The minimum absolute atomic E-state index is 0.895. The summed E-state index contributed by atoms with van der Waals surface area (Å²) < 4.78 is 0. The fourth-order valence-corrected chi connectivity index (χ4v) is 0.913. The highest BCUT2D eigenvalue weighted by molar-refractivity contribution is 5.56. The van der Waals surface area contributed by atoms with Gasteiger partial charge in [0.2, 0.25) is 0 Å². The molecule has 2 N–H and O–H groups in total. The summed E-state index contributed by atoms with van der Waals surface area (Å²) in [6.45, 7) is 6.13. The summed E-state index contributed by atoms with van der Waals surface area (Å²) >= 11 is 0. The van der Waals surface area contributed by atoms with Crippen molar-refractivity contribution in [1.29, 1.82) is 0 Å². The van der Waals surface area contributed by atoms with Crippen molar-refractivity contribution in [3.05, 3.63) is 0 Å².